The Kier molecular flexibility index (Phi) is 24.0. The topological polar surface area (TPSA) is 438 Å². The third-order valence-corrected chi connectivity index (χ3v) is 15.2. The molecule has 2 saturated heterocycles. The minimum atomic E-state index is -1.78. The van der Waals surface area contributed by atoms with Gasteiger partial charge in [-0.3, -0.25) is 57.7 Å². The Morgan fingerprint density at radius 2 is 1.34 bits per heavy atom. The molecule has 3 aromatic carbocycles. The highest BCUT2D eigenvalue weighted by Crippen LogP contribution is 2.26. The predicted molar refractivity (Wildman–Crippen MR) is 294 cm³/mol. The Morgan fingerprint density at radius 1 is 0.709 bits per heavy atom. The number of hydrogen-bond donors (Lipinski definition) is 13. The maximum absolute atomic E-state index is 14.6. The van der Waals surface area contributed by atoms with Gasteiger partial charge in [-0.1, -0.05) is 76.2 Å². The van der Waals surface area contributed by atoms with Crippen molar-refractivity contribution < 1.29 is 57.8 Å². The minimum absolute atomic E-state index is 0.0172. The second-order valence-electron chi connectivity index (χ2n) is 18.9. The van der Waals surface area contributed by atoms with Crippen LogP contribution in [0.15, 0.2) is 71.7 Å². The van der Waals surface area contributed by atoms with Gasteiger partial charge >= 0.3 is 0 Å². The van der Waals surface area contributed by atoms with Gasteiger partial charge in [0.15, 0.2) is 5.96 Å². The van der Waals surface area contributed by atoms with Crippen molar-refractivity contribution >= 4 is 103 Å². The lowest BCUT2D eigenvalue weighted by Gasteiger charge is -2.30. The van der Waals surface area contributed by atoms with Gasteiger partial charge in [-0.05, 0) is 72.6 Å². The summed E-state index contributed by atoms with van der Waals surface area (Å²) < 4.78 is 0. The van der Waals surface area contributed by atoms with Crippen LogP contribution in [0.4, 0.5) is 0 Å². The molecule has 426 valence electrons. The number of nitrogens with two attached hydrogens (primary N) is 5. The van der Waals surface area contributed by atoms with Gasteiger partial charge in [0.1, 0.15) is 48.0 Å². The van der Waals surface area contributed by atoms with Crippen LogP contribution in [0.25, 0.3) is 10.8 Å². The summed E-state index contributed by atoms with van der Waals surface area (Å²) in [5.41, 5.74) is 28.3. The molecule has 2 fully saturated rings. The number of amides is 11. The Bertz CT molecular complexity index is 2750. The fraction of sp³-hybridized carbons (Fsp3) is 0.451. The summed E-state index contributed by atoms with van der Waals surface area (Å²) in [6, 6.07) is 8.87. The molecule has 0 aliphatic carbocycles. The van der Waals surface area contributed by atoms with Gasteiger partial charge in [-0.15, -0.1) is 0 Å². The Hall–Kier alpha value is -8.14. The molecular formula is C51H68N14O12S2. The van der Waals surface area contributed by atoms with Crippen molar-refractivity contribution in [1.29, 1.82) is 0 Å². The fourth-order valence-electron chi connectivity index (χ4n) is 8.69. The number of fused-ring (bicyclic) bond motifs is 1. The number of nitrogens with zero attached hydrogens (tertiary/aromatic N) is 2. The van der Waals surface area contributed by atoms with E-state index in [-0.39, 0.29) is 75.5 Å². The van der Waals surface area contributed by atoms with Crippen LogP contribution in [-0.2, 0) is 65.6 Å². The number of phenols is 1. The highest BCUT2D eigenvalue weighted by atomic mass is 33.1. The molecule has 0 unspecified atom stereocenters. The van der Waals surface area contributed by atoms with Crippen LogP contribution < -0.4 is 65.9 Å². The molecule has 0 bridgehead atoms. The number of guanidine groups is 1. The van der Waals surface area contributed by atoms with E-state index in [4.69, 9.17) is 28.7 Å². The highest BCUT2D eigenvalue weighted by Gasteiger charge is 2.40. The molecule has 0 aromatic heterocycles. The van der Waals surface area contributed by atoms with Crippen molar-refractivity contribution in [2.45, 2.75) is 113 Å². The average molecular weight is 1130 g/mol. The normalized spacial score (nSPS) is 21.3. The van der Waals surface area contributed by atoms with Crippen LogP contribution in [0.3, 0.4) is 0 Å². The molecule has 0 radical (unpaired) electrons. The minimum Gasteiger partial charge on any atom is -0.508 e. The van der Waals surface area contributed by atoms with Gasteiger partial charge in [0.25, 0.3) is 0 Å². The lowest BCUT2D eigenvalue weighted by atomic mass is 9.99. The molecule has 2 aliphatic rings. The number of carbonyl (C=O) groups is 11. The zero-order chi connectivity index (χ0) is 57.6. The summed E-state index contributed by atoms with van der Waals surface area (Å²) >= 11 is 0. The van der Waals surface area contributed by atoms with Gasteiger partial charge in [0.2, 0.25) is 65.0 Å². The van der Waals surface area contributed by atoms with Gasteiger partial charge in [-0.25, -0.2) is 0 Å². The maximum Gasteiger partial charge on any atom is 0.246 e. The van der Waals surface area contributed by atoms with Crippen LogP contribution in [0.5, 0.6) is 5.75 Å². The fourth-order valence-corrected chi connectivity index (χ4v) is 10.9. The molecule has 7 atom stereocenters. The monoisotopic (exact) mass is 1130 g/mol. The lowest BCUT2D eigenvalue weighted by Crippen LogP contribution is -2.61. The van der Waals surface area contributed by atoms with E-state index in [1.54, 1.807) is 18.2 Å². The maximum atomic E-state index is 14.6. The van der Waals surface area contributed by atoms with Crippen LogP contribution in [0.2, 0.25) is 0 Å². The largest absolute Gasteiger partial charge is 0.508 e. The first-order valence-electron chi connectivity index (χ1n) is 25.5. The number of nitrogens with one attached hydrogen (secondary N) is 7. The first-order valence-corrected chi connectivity index (χ1v) is 28.0. The zero-order valence-corrected chi connectivity index (χ0v) is 44.9. The zero-order valence-electron chi connectivity index (χ0n) is 43.2. The molecule has 0 spiro atoms. The average Bonchev–Trinajstić information content (AvgIpc) is 3.94. The van der Waals surface area contributed by atoms with Gasteiger partial charge < -0.3 is 75.9 Å². The molecule has 3 aromatic rings. The van der Waals surface area contributed by atoms with E-state index < -0.39 is 133 Å². The second-order valence-corrected chi connectivity index (χ2v) is 21.5. The number of carbonyl (C=O) groups excluding carboxylic acids is 11. The Morgan fingerprint density at radius 3 is 2.03 bits per heavy atom. The number of hydrogen-bond acceptors (Lipinski definition) is 15. The number of aromatic hydroxyl groups is 1. The third kappa shape index (κ3) is 20.3. The number of benzene rings is 3. The molecule has 11 amide bonds. The second kappa shape index (κ2) is 30.7. The van der Waals surface area contributed by atoms with E-state index in [2.05, 4.69) is 42.2 Å². The third-order valence-electron chi connectivity index (χ3n) is 12.7. The summed E-state index contributed by atoms with van der Waals surface area (Å²) in [4.78, 5) is 154. The molecule has 5 rings (SSSR count). The number of likely N-dealkylation sites (tertiary alicyclic amines) is 1. The van der Waals surface area contributed by atoms with E-state index in [0.717, 1.165) is 21.6 Å². The number of aliphatic imine (C=N–C) groups is 1. The van der Waals surface area contributed by atoms with Crippen molar-refractivity contribution in [2.75, 3.05) is 31.1 Å². The molecular weight excluding hydrogens is 1060 g/mol. The lowest BCUT2D eigenvalue weighted by molar-refractivity contribution is -0.142. The van der Waals surface area contributed by atoms with Crippen molar-refractivity contribution in [3.05, 3.63) is 77.9 Å². The molecule has 18 N–H and O–H groups in total. The van der Waals surface area contributed by atoms with Gasteiger partial charge in [-0.2, -0.15) is 0 Å². The van der Waals surface area contributed by atoms with Crippen molar-refractivity contribution in [3.8, 4) is 5.75 Å². The molecule has 2 heterocycles. The standard InChI is InChI=1S/C51H68N14O12S2/c52-40(67)18-17-34-45(72)63-37(25-41(53)68)48(75)64-38(50(77)65-20-4-9-39(65)49(76)61-33(8-3-19-57-51(55)56)44(71)58-26-42(54)69)27-79-78-21-5-10-43(70)59-35(23-28-12-15-32(66)16-13-28)46(73)62-36(47(74)60-34)24-29-11-14-30-6-1-2-7-31(30)22-29/h1-2,6-7,11-16,22,33-39,66H,3-5,8-10,17-21,23-27H2,(H2,52,67)(H2,53,68)(H2,54,69)(H,58,71)(H,59,70)(H,60,74)(H,61,76)(H,62,73)(H,63,72)(H,64,75)(H4,55,56,57)/t33-,34-,35-,36-,37-,38-,39-/m0/s1. The number of phenolic OH excluding ortho intramolecular Hbond substituents is 1. The van der Waals surface area contributed by atoms with Crippen molar-refractivity contribution in [3.63, 3.8) is 0 Å². The van der Waals surface area contributed by atoms with Crippen molar-refractivity contribution in [2.24, 2.45) is 33.7 Å². The van der Waals surface area contributed by atoms with Crippen LogP contribution in [0, 0.1) is 0 Å². The van der Waals surface area contributed by atoms with Crippen LogP contribution in [0.1, 0.15) is 68.9 Å². The Balaban J connectivity index is 1.47. The van der Waals surface area contributed by atoms with E-state index >= 15 is 0 Å². The van der Waals surface area contributed by atoms with Crippen LogP contribution >= 0.6 is 21.6 Å². The molecule has 28 heteroatoms. The first-order chi connectivity index (χ1) is 37.7. The van der Waals surface area contributed by atoms with Crippen LogP contribution in [-0.4, -0.2) is 154 Å². The summed E-state index contributed by atoms with van der Waals surface area (Å²) in [7, 11) is 2.37. The van der Waals surface area contributed by atoms with E-state index in [9.17, 15) is 57.8 Å². The molecule has 0 saturated carbocycles. The first kappa shape index (κ1) is 61.7. The van der Waals surface area contributed by atoms with Gasteiger partial charge in [0.05, 0.1) is 13.0 Å². The predicted octanol–water partition coefficient (Wildman–Crippen LogP) is -2.80. The smallest absolute Gasteiger partial charge is 0.246 e. The number of rotatable bonds is 19. The highest BCUT2D eigenvalue weighted by molar-refractivity contribution is 8.76. The van der Waals surface area contributed by atoms with E-state index in [1.165, 1.54) is 27.8 Å². The SMILES string of the molecule is NC(=O)CC[C@@H]1NC(=O)[C@H](Cc2ccc3ccccc3c2)NC(=O)[C@H](Cc2ccc(O)cc2)NC(=O)CCCSSC[C@@H](C(=O)N2CCC[C@H]2C(=O)N[C@@H](CCCN=C(N)N)C(=O)NCC(N)=O)NC(=O)[C@H](CC(N)=O)NC1=O. The van der Waals surface area contributed by atoms with Gasteiger partial charge in [0, 0.05) is 50.3 Å². The summed E-state index contributed by atoms with van der Waals surface area (Å²) in [6.07, 6.45) is -0.994. The molecule has 26 nitrogen and oxygen atoms in total. The summed E-state index contributed by atoms with van der Waals surface area (Å²) in [6.45, 7) is -0.384. The van der Waals surface area contributed by atoms with Crippen molar-refractivity contribution in [1.82, 2.24) is 42.1 Å². The quantitative estimate of drug-likeness (QED) is 0.0250. The Labute approximate surface area is 462 Å². The van der Waals surface area contributed by atoms with E-state index in [0.29, 0.717) is 23.3 Å². The summed E-state index contributed by atoms with van der Waals surface area (Å²) in [5, 5.41) is 29.8. The molecule has 2 aliphatic heterocycles. The number of primary amides is 3. The van der Waals surface area contributed by atoms with E-state index in [1.807, 2.05) is 36.4 Å². The molecule has 79 heavy (non-hydrogen) atoms. The summed E-state index contributed by atoms with van der Waals surface area (Å²) in [5.74, 6) is -9.38.